The number of halogens is 2. The summed E-state index contributed by atoms with van der Waals surface area (Å²) in [5.74, 6) is -0.827. The van der Waals surface area contributed by atoms with E-state index in [1.807, 2.05) is 68.4 Å². The smallest absolute Gasteiger partial charge is 0.264 e. The summed E-state index contributed by atoms with van der Waals surface area (Å²) in [6.45, 7) is 5.59. The quantitative estimate of drug-likeness (QED) is 0.161. The van der Waals surface area contributed by atoms with Gasteiger partial charge in [-0.1, -0.05) is 94.6 Å². The van der Waals surface area contributed by atoms with Gasteiger partial charge in [-0.3, -0.25) is 13.9 Å². The second kappa shape index (κ2) is 15.6. The largest absolute Gasteiger partial charge is 0.354 e. The van der Waals surface area contributed by atoms with Crippen LogP contribution in [0.2, 0.25) is 5.02 Å². The van der Waals surface area contributed by atoms with Crippen molar-refractivity contribution in [2.45, 2.75) is 51.1 Å². The Hall–Kier alpha value is -3.66. The van der Waals surface area contributed by atoms with Crippen LogP contribution in [0.25, 0.3) is 0 Å². The van der Waals surface area contributed by atoms with Gasteiger partial charge in [0.25, 0.3) is 10.0 Å². The van der Waals surface area contributed by atoms with Crippen molar-refractivity contribution in [2.75, 3.05) is 17.4 Å². The van der Waals surface area contributed by atoms with E-state index in [4.69, 9.17) is 11.6 Å². The molecule has 0 bridgehead atoms. The highest BCUT2D eigenvalue weighted by Gasteiger charge is 2.35. The molecule has 0 radical (unpaired) electrons. The normalized spacial score (nSPS) is 11.9. The fourth-order valence-electron chi connectivity index (χ4n) is 5.00. The minimum absolute atomic E-state index is 0.0512. The number of nitrogens with zero attached hydrogens (tertiary/aromatic N) is 2. The van der Waals surface area contributed by atoms with Crippen LogP contribution in [0.5, 0.6) is 0 Å². The second-order valence-corrected chi connectivity index (χ2v) is 14.1. The SMILES string of the molecule is CCCNC(=O)[C@H](Cc1ccccc1)N(Cc1cccc(Br)c1)C(=O)CN(c1ccc(Cl)cc1C)S(=O)(=O)c1ccc(C)cc1. The molecule has 0 fully saturated rings. The van der Waals surface area contributed by atoms with Crippen LogP contribution in [-0.4, -0.2) is 44.3 Å². The molecule has 0 saturated carbocycles. The first-order chi connectivity index (χ1) is 21.5. The summed E-state index contributed by atoms with van der Waals surface area (Å²) in [6.07, 6.45) is 0.975. The first-order valence-electron chi connectivity index (χ1n) is 14.7. The van der Waals surface area contributed by atoms with Crippen molar-refractivity contribution >= 4 is 55.1 Å². The molecular formula is C35H37BrClN3O4S. The molecule has 10 heteroatoms. The molecule has 2 amide bonds. The third-order valence-electron chi connectivity index (χ3n) is 7.38. The number of hydrogen-bond donors (Lipinski definition) is 1. The van der Waals surface area contributed by atoms with E-state index in [0.717, 1.165) is 31.9 Å². The third kappa shape index (κ3) is 8.96. The highest BCUT2D eigenvalue weighted by atomic mass is 79.9. The molecule has 4 aromatic carbocycles. The predicted molar refractivity (Wildman–Crippen MR) is 184 cm³/mol. The molecule has 0 aliphatic rings. The molecule has 0 aliphatic heterocycles. The van der Waals surface area contributed by atoms with E-state index < -0.39 is 28.5 Å². The Balaban J connectivity index is 1.82. The summed E-state index contributed by atoms with van der Waals surface area (Å²) in [5, 5.41) is 3.40. The lowest BCUT2D eigenvalue weighted by atomic mass is 10.0. The molecule has 0 aliphatic carbocycles. The number of aryl methyl sites for hydroxylation is 2. The van der Waals surface area contributed by atoms with Crippen molar-refractivity contribution < 1.29 is 18.0 Å². The molecule has 1 N–H and O–H groups in total. The number of nitrogens with one attached hydrogen (secondary N) is 1. The van der Waals surface area contributed by atoms with E-state index in [9.17, 15) is 18.0 Å². The Morgan fingerprint density at radius 3 is 2.22 bits per heavy atom. The van der Waals surface area contributed by atoms with Gasteiger partial charge in [-0.2, -0.15) is 0 Å². The number of benzene rings is 4. The average molecular weight is 711 g/mol. The summed E-state index contributed by atoms with van der Waals surface area (Å²) in [4.78, 5) is 29.8. The highest BCUT2D eigenvalue weighted by Crippen LogP contribution is 2.30. The first kappa shape index (κ1) is 34.2. The standard InChI is InChI=1S/C35H37BrClN3O4S/c1-4-19-38-35(42)33(22-27-9-6-5-7-10-27)39(23-28-11-8-12-29(36)21-28)34(41)24-40(32-18-15-30(37)20-26(32)3)45(43,44)31-16-13-25(2)14-17-31/h5-18,20-21,33H,4,19,22-24H2,1-3H3,(H,38,42)/t33-/m0/s1. The van der Waals surface area contributed by atoms with Gasteiger partial charge in [0.05, 0.1) is 10.6 Å². The fourth-order valence-corrected chi connectivity index (χ4v) is 7.15. The topological polar surface area (TPSA) is 86.8 Å². The van der Waals surface area contributed by atoms with Gasteiger partial charge in [-0.25, -0.2) is 8.42 Å². The van der Waals surface area contributed by atoms with Gasteiger partial charge in [-0.05, 0) is 79.4 Å². The number of amides is 2. The van der Waals surface area contributed by atoms with Crippen LogP contribution in [0.4, 0.5) is 5.69 Å². The van der Waals surface area contributed by atoms with Gasteiger partial charge in [0.15, 0.2) is 0 Å². The maximum absolute atomic E-state index is 14.5. The zero-order valence-electron chi connectivity index (χ0n) is 25.5. The first-order valence-corrected chi connectivity index (χ1v) is 17.3. The summed E-state index contributed by atoms with van der Waals surface area (Å²) in [6, 6.07) is 27.4. The van der Waals surface area contributed by atoms with Gasteiger partial charge in [0, 0.05) is 29.0 Å². The summed E-state index contributed by atoms with van der Waals surface area (Å²) >= 11 is 9.74. The van der Waals surface area contributed by atoms with Gasteiger partial charge in [0.2, 0.25) is 11.8 Å². The Morgan fingerprint density at radius 2 is 1.58 bits per heavy atom. The van der Waals surface area contributed by atoms with Crippen LogP contribution >= 0.6 is 27.5 Å². The Bertz CT molecular complexity index is 1730. The molecule has 4 aromatic rings. The van der Waals surface area contributed by atoms with Gasteiger partial charge < -0.3 is 10.2 Å². The fraction of sp³-hybridized carbons (Fsp3) is 0.257. The van der Waals surface area contributed by atoms with Crippen molar-refractivity contribution in [3.05, 3.63) is 129 Å². The number of hydrogen-bond acceptors (Lipinski definition) is 4. The van der Waals surface area contributed by atoms with Gasteiger partial charge in [-0.15, -0.1) is 0 Å². The van der Waals surface area contributed by atoms with Gasteiger partial charge >= 0.3 is 0 Å². The lowest BCUT2D eigenvalue weighted by Crippen LogP contribution is -2.53. The lowest BCUT2D eigenvalue weighted by molar-refractivity contribution is -0.140. The molecule has 1 atom stereocenters. The average Bonchev–Trinajstić information content (AvgIpc) is 3.01. The van der Waals surface area contributed by atoms with Crippen molar-refractivity contribution in [3.63, 3.8) is 0 Å². The summed E-state index contributed by atoms with van der Waals surface area (Å²) in [5.41, 5.74) is 3.48. The number of anilines is 1. The number of rotatable bonds is 13. The molecular weight excluding hydrogens is 674 g/mol. The molecule has 7 nitrogen and oxygen atoms in total. The molecule has 236 valence electrons. The molecule has 45 heavy (non-hydrogen) atoms. The van der Waals surface area contributed by atoms with E-state index in [1.165, 1.54) is 17.0 Å². The molecule has 0 heterocycles. The lowest BCUT2D eigenvalue weighted by Gasteiger charge is -2.34. The van der Waals surface area contributed by atoms with E-state index in [-0.39, 0.29) is 23.8 Å². The van der Waals surface area contributed by atoms with E-state index in [0.29, 0.717) is 22.8 Å². The minimum atomic E-state index is -4.20. The van der Waals surface area contributed by atoms with Crippen molar-refractivity contribution in [1.82, 2.24) is 10.2 Å². The maximum atomic E-state index is 14.5. The minimum Gasteiger partial charge on any atom is -0.354 e. The van der Waals surface area contributed by atoms with E-state index >= 15 is 0 Å². The Kier molecular flexibility index (Phi) is 11.8. The monoisotopic (exact) mass is 709 g/mol. The molecule has 0 aromatic heterocycles. The van der Waals surface area contributed by atoms with Crippen molar-refractivity contribution in [3.8, 4) is 0 Å². The van der Waals surface area contributed by atoms with Gasteiger partial charge in [0.1, 0.15) is 12.6 Å². The second-order valence-electron chi connectivity index (χ2n) is 10.9. The number of carbonyl (C=O) groups excluding carboxylic acids is 2. The van der Waals surface area contributed by atoms with Crippen LogP contribution in [0.3, 0.4) is 0 Å². The van der Waals surface area contributed by atoms with Crippen LogP contribution in [0, 0.1) is 13.8 Å². The molecule has 0 saturated heterocycles. The van der Waals surface area contributed by atoms with Crippen LogP contribution in [0.1, 0.15) is 35.6 Å². The van der Waals surface area contributed by atoms with Crippen molar-refractivity contribution in [1.29, 1.82) is 0 Å². The zero-order chi connectivity index (χ0) is 32.6. The third-order valence-corrected chi connectivity index (χ3v) is 9.88. The van der Waals surface area contributed by atoms with Crippen LogP contribution < -0.4 is 9.62 Å². The predicted octanol–water partition coefficient (Wildman–Crippen LogP) is 7.08. The number of carbonyl (C=O) groups is 2. The van der Waals surface area contributed by atoms with E-state index in [2.05, 4.69) is 21.2 Å². The Labute approximate surface area is 279 Å². The molecule has 0 unspecified atom stereocenters. The van der Waals surface area contributed by atoms with Crippen LogP contribution in [-0.2, 0) is 32.6 Å². The maximum Gasteiger partial charge on any atom is 0.264 e. The van der Waals surface area contributed by atoms with E-state index in [1.54, 1.807) is 37.3 Å². The molecule has 4 rings (SSSR count). The van der Waals surface area contributed by atoms with Crippen LogP contribution in [0.15, 0.2) is 106 Å². The van der Waals surface area contributed by atoms with Crippen molar-refractivity contribution in [2.24, 2.45) is 0 Å². The zero-order valence-corrected chi connectivity index (χ0v) is 28.7. The summed E-state index contributed by atoms with van der Waals surface area (Å²) < 4.78 is 30.4. The number of sulfonamides is 1. The Morgan fingerprint density at radius 1 is 0.889 bits per heavy atom. The highest BCUT2D eigenvalue weighted by molar-refractivity contribution is 9.10. The summed E-state index contributed by atoms with van der Waals surface area (Å²) in [7, 11) is -4.20. The molecule has 0 spiro atoms.